The fraction of sp³-hybridized carbons (Fsp3) is 0.667. The number of thioether (sulfide) groups is 1. The van der Waals surface area contributed by atoms with Crippen LogP contribution in [0.15, 0.2) is 10.8 Å². The van der Waals surface area contributed by atoms with Crippen LogP contribution in [0.4, 0.5) is 11.6 Å². The van der Waals surface area contributed by atoms with Crippen molar-refractivity contribution in [3.8, 4) is 0 Å². The Kier molecular flexibility index (Phi) is 6.88. The molecule has 0 saturated carbocycles. The second kappa shape index (κ2) is 7.91. The molecule has 5 nitrogen and oxygen atoms in total. The van der Waals surface area contributed by atoms with Gasteiger partial charge in [-0.2, -0.15) is 11.8 Å². The summed E-state index contributed by atoms with van der Waals surface area (Å²) in [7, 11) is 0. The first-order valence-corrected chi connectivity index (χ1v) is 8.38. The van der Waals surface area contributed by atoms with E-state index < -0.39 is 5.60 Å². The summed E-state index contributed by atoms with van der Waals surface area (Å²) < 4.78 is 0.795. The number of halogens is 1. The summed E-state index contributed by atoms with van der Waals surface area (Å²) in [6, 6.07) is 0. The predicted octanol–water partition coefficient (Wildman–Crippen LogP) is 2.59. The number of anilines is 2. The summed E-state index contributed by atoms with van der Waals surface area (Å²) in [4.78, 5) is 8.36. The monoisotopic (exact) mass is 348 g/mol. The number of aliphatic hydroxyl groups is 1. The van der Waals surface area contributed by atoms with Crippen LogP contribution in [0, 0.1) is 0 Å². The summed E-state index contributed by atoms with van der Waals surface area (Å²) in [5.74, 6) is 2.13. The zero-order valence-electron chi connectivity index (χ0n) is 11.5. The van der Waals surface area contributed by atoms with Crippen LogP contribution in [0.5, 0.6) is 0 Å². The highest BCUT2D eigenvalue weighted by Gasteiger charge is 2.20. The molecule has 0 saturated heterocycles. The first-order chi connectivity index (χ1) is 9.00. The van der Waals surface area contributed by atoms with Gasteiger partial charge in [-0.25, -0.2) is 9.97 Å². The van der Waals surface area contributed by atoms with Crippen LogP contribution in [-0.2, 0) is 0 Å². The molecule has 1 atom stereocenters. The highest BCUT2D eigenvalue weighted by molar-refractivity contribution is 9.10. The average molecular weight is 349 g/mol. The second-order valence-electron chi connectivity index (χ2n) is 4.60. The van der Waals surface area contributed by atoms with E-state index in [4.69, 9.17) is 0 Å². The Balaban J connectivity index is 2.68. The van der Waals surface area contributed by atoms with Crippen LogP contribution in [0.2, 0.25) is 0 Å². The van der Waals surface area contributed by atoms with Crippen LogP contribution in [0.1, 0.15) is 20.3 Å². The molecule has 0 spiro atoms. The van der Waals surface area contributed by atoms with Gasteiger partial charge in [0, 0.05) is 18.8 Å². The lowest BCUT2D eigenvalue weighted by atomic mass is 10.1. The molecule has 19 heavy (non-hydrogen) atoms. The lowest BCUT2D eigenvalue weighted by molar-refractivity contribution is 0.0996. The molecule has 0 aromatic carbocycles. The van der Waals surface area contributed by atoms with E-state index in [0.29, 0.717) is 18.1 Å². The van der Waals surface area contributed by atoms with Gasteiger partial charge in [-0.15, -0.1) is 0 Å². The van der Waals surface area contributed by atoms with Crippen LogP contribution in [0.25, 0.3) is 0 Å². The molecule has 0 aliphatic carbocycles. The summed E-state index contributed by atoms with van der Waals surface area (Å²) in [5, 5.41) is 16.5. The maximum absolute atomic E-state index is 10.1. The van der Waals surface area contributed by atoms with Crippen LogP contribution < -0.4 is 10.6 Å². The Hall–Kier alpha value is -0.530. The van der Waals surface area contributed by atoms with E-state index >= 15 is 0 Å². The minimum absolute atomic E-state index is 0.441. The molecule has 1 unspecified atom stereocenters. The van der Waals surface area contributed by atoms with Gasteiger partial charge in [0.25, 0.3) is 0 Å². The van der Waals surface area contributed by atoms with Crippen molar-refractivity contribution in [3.63, 3.8) is 0 Å². The molecular weight excluding hydrogens is 328 g/mol. The molecule has 0 fully saturated rings. The maximum Gasteiger partial charge on any atom is 0.146 e. The Bertz CT molecular complexity index is 403. The molecule has 7 heteroatoms. The zero-order valence-corrected chi connectivity index (χ0v) is 13.9. The van der Waals surface area contributed by atoms with Gasteiger partial charge in [-0.05, 0) is 35.5 Å². The van der Waals surface area contributed by atoms with Crippen molar-refractivity contribution in [2.24, 2.45) is 0 Å². The molecule has 1 aromatic heterocycles. The van der Waals surface area contributed by atoms with E-state index in [1.54, 1.807) is 11.8 Å². The summed E-state index contributed by atoms with van der Waals surface area (Å²) >= 11 is 5.10. The molecule has 0 bridgehead atoms. The fourth-order valence-electron chi connectivity index (χ4n) is 1.50. The minimum atomic E-state index is -0.763. The number of hydrogen-bond acceptors (Lipinski definition) is 6. The molecule has 3 N–H and O–H groups in total. The second-order valence-corrected chi connectivity index (χ2v) is 6.25. The van der Waals surface area contributed by atoms with Gasteiger partial charge in [0.2, 0.25) is 0 Å². The Morgan fingerprint density at radius 3 is 2.58 bits per heavy atom. The highest BCUT2D eigenvalue weighted by atomic mass is 79.9. The van der Waals surface area contributed by atoms with Crippen LogP contribution in [-0.4, -0.2) is 45.8 Å². The van der Waals surface area contributed by atoms with Gasteiger partial charge in [-0.3, -0.25) is 0 Å². The smallest absolute Gasteiger partial charge is 0.146 e. The third-order valence-corrected chi connectivity index (χ3v) is 4.09. The van der Waals surface area contributed by atoms with Gasteiger partial charge < -0.3 is 15.7 Å². The third-order valence-electron chi connectivity index (χ3n) is 2.42. The van der Waals surface area contributed by atoms with E-state index in [9.17, 15) is 5.11 Å². The molecule has 0 amide bonds. The van der Waals surface area contributed by atoms with Gasteiger partial charge in [0.05, 0.1) is 5.60 Å². The lowest BCUT2D eigenvalue weighted by Gasteiger charge is -2.23. The first kappa shape index (κ1) is 16.5. The molecule has 0 aliphatic rings. The van der Waals surface area contributed by atoms with E-state index in [0.717, 1.165) is 23.3 Å². The minimum Gasteiger partial charge on any atom is -0.387 e. The van der Waals surface area contributed by atoms with E-state index in [1.807, 2.05) is 13.2 Å². The van der Waals surface area contributed by atoms with Crippen molar-refractivity contribution < 1.29 is 5.11 Å². The zero-order chi connectivity index (χ0) is 14.3. The van der Waals surface area contributed by atoms with Crippen molar-refractivity contribution in [2.45, 2.75) is 25.9 Å². The summed E-state index contributed by atoms with van der Waals surface area (Å²) in [5.41, 5.74) is -0.763. The fourth-order valence-corrected chi connectivity index (χ4v) is 2.70. The van der Waals surface area contributed by atoms with Crippen molar-refractivity contribution >= 4 is 39.3 Å². The normalized spacial score (nSPS) is 13.9. The van der Waals surface area contributed by atoms with E-state index in [-0.39, 0.29) is 0 Å². The quantitative estimate of drug-likeness (QED) is 0.670. The Morgan fingerprint density at radius 2 is 2.00 bits per heavy atom. The van der Waals surface area contributed by atoms with Gasteiger partial charge in [0.15, 0.2) is 0 Å². The van der Waals surface area contributed by atoms with Crippen LogP contribution in [0.3, 0.4) is 0 Å². The number of nitrogens with zero attached hydrogens (tertiary/aromatic N) is 2. The third kappa shape index (κ3) is 5.54. The number of hydrogen-bond donors (Lipinski definition) is 3. The van der Waals surface area contributed by atoms with E-state index in [2.05, 4.69) is 43.5 Å². The summed E-state index contributed by atoms with van der Waals surface area (Å²) in [6.07, 6.45) is 4.51. The number of nitrogens with one attached hydrogen (secondary N) is 2. The largest absolute Gasteiger partial charge is 0.387 e. The molecule has 0 aliphatic heterocycles. The average Bonchev–Trinajstić information content (AvgIpc) is 2.36. The lowest BCUT2D eigenvalue weighted by Crippen LogP contribution is -2.36. The van der Waals surface area contributed by atoms with Crippen molar-refractivity contribution in [1.29, 1.82) is 0 Å². The molecule has 1 heterocycles. The van der Waals surface area contributed by atoms with Gasteiger partial charge >= 0.3 is 0 Å². The van der Waals surface area contributed by atoms with Crippen molar-refractivity contribution in [2.75, 3.05) is 35.7 Å². The Labute approximate surface area is 127 Å². The first-order valence-electron chi connectivity index (χ1n) is 6.19. The van der Waals surface area contributed by atoms with E-state index in [1.165, 1.54) is 6.33 Å². The SMILES string of the molecule is CCCNc1ncnc(NCC(C)(O)CSC)c1Br. The van der Waals surface area contributed by atoms with Gasteiger partial charge in [-0.1, -0.05) is 6.92 Å². The molecular formula is C12H21BrN4OS. The highest BCUT2D eigenvalue weighted by Crippen LogP contribution is 2.27. The molecule has 1 aromatic rings. The molecule has 1 rings (SSSR count). The molecule has 0 radical (unpaired) electrons. The number of aromatic nitrogens is 2. The topological polar surface area (TPSA) is 70.1 Å². The predicted molar refractivity (Wildman–Crippen MR) is 86.0 cm³/mol. The van der Waals surface area contributed by atoms with Crippen molar-refractivity contribution in [3.05, 3.63) is 10.8 Å². The number of rotatable bonds is 8. The van der Waals surface area contributed by atoms with Crippen molar-refractivity contribution in [1.82, 2.24) is 9.97 Å². The molecule has 108 valence electrons. The standard InChI is InChI=1S/C12H21BrN4OS/c1-4-5-14-10-9(13)11(17-8-16-10)15-6-12(2,18)7-19-3/h8,18H,4-7H2,1-3H3,(H2,14,15,16,17). The maximum atomic E-state index is 10.1. The van der Waals surface area contributed by atoms with Gasteiger partial charge in [0.1, 0.15) is 22.4 Å². The Morgan fingerprint density at radius 1 is 1.37 bits per heavy atom. The van der Waals surface area contributed by atoms with Crippen LogP contribution >= 0.6 is 27.7 Å². The summed E-state index contributed by atoms with van der Waals surface area (Å²) in [6.45, 7) is 5.21.